The van der Waals surface area contributed by atoms with Crippen LogP contribution in [0.3, 0.4) is 0 Å². The van der Waals surface area contributed by atoms with Crippen molar-refractivity contribution in [2.45, 2.75) is 39.2 Å². The Labute approximate surface area is 118 Å². The van der Waals surface area contributed by atoms with Gasteiger partial charge in [0.25, 0.3) is 0 Å². The molecule has 0 radical (unpaired) electrons. The monoisotopic (exact) mass is 273 g/mol. The van der Waals surface area contributed by atoms with E-state index in [-0.39, 0.29) is 11.8 Å². The number of amides is 2. The lowest BCUT2D eigenvalue weighted by Crippen LogP contribution is -2.51. The Bertz CT molecular complexity index is 570. The minimum atomic E-state index is -1.02. The van der Waals surface area contributed by atoms with Gasteiger partial charge in [0.05, 0.1) is 22.6 Å². The highest BCUT2D eigenvalue weighted by Crippen LogP contribution is 2.57. The average Bonchev–Trinajstić information content (AvgIpc) is 2.60. The molecule has 1 aromatic rings. The second-order valence-corrected chi connectivity index (χ2v) is 6.22. The first-order chi connectivity index (χ1) is 9.43. The van der Waals surface area contributed by atoms with Gasteiger partial charge in [0, 0.05) is 0 Å². The fourth-order valence-corrected chi connectivity index (χ4v) is 3.66. The van der Waals surface area contributed by atoms with Crippen LogP contribution < -0.4 is 4.90 Å². The topological polar surface area (TPSA) is 57.6 Å². The lowest BCUT2D eigenvalue weighted by Gasteiger charge is -2.43. The first-order valence-corrected chi connectivity index (χ1v) is 7.05. The number of hydrogen-bond acceptors (Lipinski definition) is 3. The second kappa shape index (κ2) is 4.16. The third-order valence-corrected chi connectivity index (χ3v) is 5.30. The summed E-state index contributed by atoms with van der Waals surface area (Å²) in [5, 5.41) is 10.4. The number of aliphatic hydroxyl groups is 1. The maximum absolute atomic E-state index is 12.8. The molecule has 2 aliphatic rings. The normalized spacial score (nSPS) is 37.1. The number of hydrogen-bond donors (Lipinski definition) is 1. The first kappa shape index (κ1) is 13.3. The zero-order chi connectivity index (χ0) is 14.5. The van der Waals surface area contributed by atoms with Crippen LogP contribution in [0.2, 0.25) is 0 Å². The summed E-state index contributed by atoms with van der Waals surface area (Å²) in [7, 11) is 0. The van der Waals surface area contributed by atoms with Gasteiger partial charge in [0.15, 0.2) is 0 Å². The van der Waals surface area contributed by atoms with Gasteiger partial charge in [-0.3, -0.25) is 9.59 Å². The summed E-state index contributed by atoms with van der Waals surface area (Å²) in [6, 6.07) is 8.97. The predicted molar refractivity (Wildman–Crippen MR) is 75.0 cm³/mol. The standard InChI is InChI=1S/C16H19NO3/c1-15-10-6-9-12(18)16(15,2)14(20)17(13(15)19)11-7-4-3-5-8-11/h3-5,7-8,12,18H,6,9-10H2,1-2H3. The molecule has 1 saturated heterocycles. The fraction of sp³-hybridized carbons (Fsp3) is 0.500. The second-order valence-electron chi connectivity index (χ2n) is 6.22. The fourth-order valence-electron chi connectivity index (χ4n) is 3.66. The van der Waals surface area contributed by atoms with Gasteiger partial charge in [-0.05, 0) is 45.2 Å². The van der Waals surface area contributed by atoms with E-state index >= 15 is 0 Å². The molecule has 0 spiro atoms. The predicted octanol–water partition coefficient (Wildman–Crippen LogP) is 2.12. The molecule has 1 heterocycles. The molecule has 0 bridgehead atoms. The van der Waals surface area contributed by atoms with E-state index in [1.54, 1.807) is 31.2 Å². The van der Waals surface area contributed by atoms with E-state index in [9.17, 15) is 14.7 Å². The Hall–Kier alpha value is -1.68. The zero-order valence-corrected chi connectivity index (χ0v) is 11.8. The van der Waals surface area contributed by atoms with Crippen LogP contribution in [0, 0.1) is 10.8 Å². The molecule has 1 N–H and O–H groups in total. The first-order valence-electron chi connectivity index (χ1n) is 7.05. The van der Waals surface area contributed by atoms with Crippen LogP contribution >= 0.6 is 0 Å². The smallest absolute Gasteiger partial charge is 0.243 e. The quantitative estimate of drug-likeness (QED) is 0.797. The van der Waals surface area contributed by atoms with Gasteiger partial charge in [-0.2, -0.15) is 0 Å². The van der Waals surface area contributed by atoms with E-state index in [1.807, 2.05) is 13.0 Å². The summed E-state index contributed by atoms with van der Waals surface area (Å²) >= 11 is 0. The van der Waals surface area contributed by atoms with Crippen LogP contribution in [-0.2, 0) is 9.59 Å². The molecular weight excluding hydrogens is 254 g/mol. The van der Waals surface area contributed by atoms with E-state index in [4.69, 9.17) is 0 Å². The maximum atomic E-state index is 12.8. The highest BCUT2D eigenvalue weighted by Gasteiger charge is 2.68. The molecule has 1 aliphatic heterocycles. The molecule has 1 aromatic carbocycles. The minimum absolute atomic E-state index is 0.185. The Kier molecular flexibility index (Phi) is 2.77. The van der Waals surface area contributed by atoms with Gasteiger partial charge in [-0.25, -0.2) is 4.90 Å². The Morgan fingerprint density at radius 1 is 1.15 bits per heavy atom. The van der Waals surface area contributed by atoms with Gasteiger partial charge in [0.1, 0.15) is 0 Å². The van der Waals surface area contributed by atoms with Crippen molar-refractivity contribution >= 4 is 17.5 Å². The van der Waals surface area contributed by atoms with Gasteiger partial charge in [-0.1, -0.05) is 18.2 Å². The van der Waals surface area contributed by atoms with Crippen molar-refractivity contribution in [2.24, 2.45) is 10.8 Å². The van der Waals surface area contributed by atoms with Crippen molar-refractivity contribution in [1.29, 1.82) is 0 Å². The Morgan fingerprint density at radius 2 is 1.80 bits per heavy atom. The van der Waals surface area contributed by atoms with Crippen LogP contribution in [0.5, 0.6) is 0 Å². The average molecular weight is 273 g/mol. The molecule has 2 fully saturated rings. The lowest BCUT2D eigenvalue weighted by molar-refractivity contribution is -0.149. The van der Waals surface area contributed by atoms with Crippen molar-refractivity contribution in [1.82, 2.24) is 0 Å². The number of carbonyl (C=O) groups excluding carboxylic acids is 2. The number of nitrogens with zero attached hydrogens (tertiary/aromatic N) is 1. The number of aliphatic hydroxyl groups excluding tert-OH is 1. The minimum Gasteiger partial charge on any atom is -0.392 e. The maximum Gasteiger partial charge on any atom is 0.243 e. The van der Waals surface area contributed by atoms with Gasteiger partial charge in [0.2, 0.25) is 11.8 Å². The van der Waals surface area contributed by atoms with Crippen molar-refractivity contribution < 1.29 is 14.7 Å². The van der Waals surface area contributed by atoms with Crippen molar-refractivity contribution in [3.63, 3.8) is 0 Å². The van der Waals surface area contributed by atoms with Crippen LogP contribution in [0.1, 0.15) is 33.1 Å². The van der Waals surface area contributed by atoms with Gasteiger partial charge >= 0.3 is 0 Å². The number of benzene rings is 1. The Balaban J connectivity index is 2.13. The summed E-state index contributed by atoms with van der Waals surface area (Å²) in [5.74, 6) is -0.460. The largest absolute Gasteiger partial charge is 0.392 e. The van der Waals surface area contributed by atoms with Crippen molar-refractivity contribution in [3.05, 3.63) is 30.3 Å². The molecule has 106 valence electrons. The Morgan fingerprint density at radius 3 is 2.40 bits per heavy atom. The molecule has 20 heavy (non-hydrogen) atoms. The summed E-state index contributed by atoms with van der Waals surface area (Å²) < 4.78 is 0. The van der Waals surface area contributed by atoms with Gasteiger partial charge < -0.3 is 5.11 Å². The zero-order valence-electron chi connectivity index (χ0n) is 11.8. The summed E-state index contributed by atoms with van der Waals surface area (Å²) in [4.78, 5) is 26.9. The van der Waals surface area contributed by atoms with E-state index < -0.39 is 16.9 Å². The number of anilines is 1. The van der Waals surface area contributed by atoms with Crippen LogP contribution in [-0.4, -0.2) is 23.0 Å². The molecule has 2 amide bonds. The summed E-state index contributed by atoms with van der Waals surface area (Å²) in [6.07, 6.45) is 1.24. The van der Waals surface area contributed by atoms with Crippen LogP contribution in [0.15, 0.2) is 30.3 Å². The van der Waals surface area contributed by atoms with Gasteiger partial charge in [-0.15, -0.1) is 0 Å². The highest BCUT2D eigenvalue weighted by molar-refractivity contribution is 6.25. The molecule has 0 aromatic heterocycles. The number of rotatable bonds is 1. The molecule has 3 atom stereocenters. The van der Waals surface area contributed by atoms with E-state index in [0.29, 0.717) is 18.5 Å². The van der Waals surface area contributed by atoms with Crippen molar-refractivity contribution in [2.75, 3.05) is 4.90 Å². The molecule has 1 aliphatic carbocycles. The molecule has 4 nitrogen and oxygen atoms in total. The molecule has 4 heteroatoms. The third kappa shape index (κ3) is 1.40. The molecular formula is C16H19NO3. The van der Waals surface area contributed by atoms with E-state index in [1.165, 1.54) is 4.90 Å². The van der Waals surface area contributed by atoms with E-state index in [2.05, 4.69) is 0 Å². The SMILES string of the molecule is CC12CCCC(O)C1(C)C(=O)N(c1ccccc1)C2=O. The van der Waals surface area contributed by atoms with Crippen LogP contribution in [0.4, 0.5) is 5.69 Å². The molecule has 1 saturated carbocycles. The molecule has 3 rings (SSSR count). The number of imide groups is 1. The summed E-state index contributed by atoms with van der Waals surface area (Å²) in [6.45, 7) is 3.55. The number of fused-ring (bicyclic) bond motifs is 1. The third-order valence-electron chi connectivity index (χ3n) is 5.30. The number of para-hydroxylation sites is 1. The number of carbonyl (C=O) groups is 2. The van der Waals surface area contributed by atoms with Crippen molar-refractivity contribution in [3.8, 4) is 0 Å². The van der Waals surface area contributed by atoms with E-state index in [0.717, 1.165) is 6.42 Å². The molecule has 3 unspecified atom stereocenters. The lowest BCUT2D eigenvalue weighted by atomic mass is 9.58. The highest BCUT2D eigenvalue weighted by atomic mass is 16.3. The van der Waals surface area contributed by atoms with Crippen LogP contribution in [0.25, 0.3) is 0 Å². The summed E-state index contributed by atoms with van der Waals surface area (Å²) in [5.41, 5.74) is -1.23.